The van der Waals surface area contributed by atoms with E-state index in [0.717, 1.165) is 32.5 Å². The Morgan fingerprint density at radius 2 is 1.91 bits per heavy atom. The van der Waals surface area contributed by atoms with E-state index in [9.17, 15) is 5.11 Å². The van der Waals surface area contributed by atoms with Gasteiger partial charge in [0.1, 0.15) is 5.75 Å². The van der Waals surface area contributed by atoms with E-state index < -0.39 is 0 Å². The molecule has 0 amide bonds. The minimum Gasteiger partial charge on any atom is -0.508 e. The highest BCUT2D eigenvalue weighted by atomic mass is 16.3. The van der Waals surface area contributed by atoms with Crippen molar-refractivity contribution in [3.8, 4) is 5.75 Å². The average molecular weight is 313 g/mol. The van der Waals surface area contributed by atoms with E-state index in [1.165, 1.54) is 12.0 Å². The van der Waals surface area contributed by atoms with Crippen LogP contribution in [0.25, 0.3) is 0 Å². The molecular weight excluding hydrogens is 286 g/mol. The summed E-state index contributed by atoms with van der Waals surface area (Å²) in [6.45, 7) is 11.0. The molecule has 3 rings (SSSR count). The maximum atomic E-state index is 9.48. The smallest absolute Gasteiger partial charge is 0.115 e. The summed E-state index contributed by atoms with van der Waals surface area (Å²) in [5.74, 6) is 0.823. The van der Waals surface area contributed by atoms with Crippen molar-refractivity contribution in [1.82, 2.24) is 15.8 Å². The summed E-state index contributed by atoms with van der Waals surface area (Å²) < 4.78 is 0. The SMILES string of the molecule is C=CCC1(CC=C)CCN1CC1CNNC1c1ccc(O)cc1. The molecule has 2 aliphatic rings. The van der Waals surface area contributed by atoms with Gasteiger partial charge in [-0.15, -0.1) is 13.2 Å². The molecule has 4 nitrogen and oxygen atoms in total. The molecule has 0 radical (unpaired) electrons. The first kappa shape index (κ1) is 16.2. The van der Waals surface area contributed by atoms with Crippen LogP contribution in [-0.4, -0.2) is 35.2 Å². The quantitative estimate of drug-likeness (QED) is 0.678. The molecule has 23 heavy (non-hydrogen) atoms. The standard InChI is InChI=1S/C19H27N3O/c1-3-9-19(10-4-2)11-12-22(19)14-16-13-20-21-18(16)15-5-7-17(23)8-6-15/h3-8,16,18,20-21,23H,1-2,9-14H2. The zero-order chi connectivity index (χ0) is 16.3. The largest absolute Gasteiger partial charge is 0.508 e. The van der Waals surface area contributed by atoms with Gasteiger partial charge < -0.3 is 5.11 Å². The predicted octanol–water partition coefficient (Wildman–Crippen LogP) is 2.75. The third-order valence-corrected chi connectivity index (χ3v) is 5.37. The molecule has 124 valence electrons. The first-order valence-electron chi connectivity index (χ1n) is 8.43. The molecule has 1 aromatic carbocycles. The zero-order valence-corrected chi connectivity index (χ0v) is 13.7. The number of nitrogens with one attached hydrogen (secondary N) is 2. The molecule has 0 aromatic heterocycles. The Morgan fingerprint density at radius 3 is 2.48 bits per heavy atom. The molecule has 0 aliphatic carbocycles. The molecule has 0 spiro atoms. The second-order valence-corrected chi connectivity index (χ2v) is 6.76. The van der Waals surface area contributed by atoms with E-state index in [1.54, 1.807) is 12.1 Å². The molecule has 2 atom stereocenters. The lowest BCUT2D eigenvalue weighted by atomic mass is 9.77. The zero-order valence-electron chi connectivity index (χ0n) is 13.7. The highest BCUT2D eigenvalue weighted by molar-refractivity contribution is 5.29. The van der Waals surface area contributed by atoms with Gasteiger partial charge in [0.25, 0.3) is 0 Å². The summed E-state index contributed by atoms with van der Waals surface area (Å²) >= 11 is 0. The maximum Gasteiger partial charge on any atom is 0.115 e. The lowest BCUT2D eigenvalue weighted by molar-refractivity contribution is -0.0225. The van der Waals surface area contributed by atoms with Crippen LogP contribution < -0.4 is 10.9 Å². The minimum atomic E-state index is 0.228. The van der Waals surface area contributed by atoms with Crippen LogP contribution in [0.3, 0.4) is 0 Å². The van der Waals surface area contributed by atoms with Crippen LogP contribution >= 0.6 is 0 Å². The van der Waals surface area contributed by atoms with Crippen molar-refractivity contribution < 1.29 is 5.11 Å². The molecular formula is C19H27N3O. The second-order valence-electron chi connectivity index (χ2n) is 6.76. The van der Waals surface area contributed by atoms with E-state index in [2.05, 4.69) is 28.9 Å². The van der Waals surface area contributed by atoms with Crippen LogP contribution in [0.15, 0.2) is 49.6 Å². The number of likely N-dealkylation sites (tertiary alicyclic amines) is 1. The fraction of sp³-hybridized carbons (Fsp3) is 0.474. The average Bonchev–Trinajstić information content (AvgIpc) is 3.00. The fourth-order valence-corrected chi connectivity index (χ4v) is 3.98. The minimum absolute atomic E-state index is 0.228. The molecule has 3 N–H and O–H groups in total. The topological polar surface area (TPSA) is 47.5 Å². The lowest BCUT2D eigenvalue weighted by Gasteiger charge is -2.54. The van der Waals surface area contributed by atoms with E-state index in [1.807, 2.05) is 24.3 Å². The second kappa shape index (κ2) is 6.87. The van der Waals surface area contributed by atoms with Gasteiger partial charge in [0, 0.05) is 31.1 Å². The number of hydrazine groups is 1. The summed E-state index contributed by atoms with van der Waals surface area (Å²) in [4.78, 5) is 2.60. The molecule has 0 saturated carbocycles. The molecule has 2 saturated heterocycles. The molecule has 4 heteroatoms. The van der Waals surface area contributed by atoms with Crippen molar-refractivity contribution >= 4 is 0 Å². The maximum absolute atomic E-state index is 9.48. The van der Waals surface area contributed by atoms with Crippen molar-refractivity contribution in [1.29, 1.82) is 0 Å². The Labute approximate surface area is 138 Å². The van der Waals surface area contributed by atoms with Crippen LogP contribution in [0.2, 0.25) is 0 Å². The van der Waals surface area contributed by atoms with Crippen LogP contribution in [0.1, 0.15) is 30.9 Å². The number of phenolic OH excluding ortho intramolecular Hbond substituents is 1. The predicted molar refractivity (Wildman–Crippen MR) is 94.0 cm³/mol. The van der Waals surface area contributed by atoms with Gasteiger partial charge in [-0.05, 0) is 37.0 Å². The van der Waals surface area contributed by atoms with E-state index in [-0.39, 0.29) is 11.6 Å². The Kier molecular flexibility index (Phi) is 4.85. The Hall–Kier alpha value is -1.62. The highest BCUT2D eigenvalue weighted by Gasteiger charge is 2.44. The Bertz CT molecular complexity index is 544. The Morgan fingerprint density at radius 1 is 1.22 bits per heavy atom. The first-order valence-corrected chi connectivity index (χ1v) is 8.43. The third-order valence-electron chi connectivity index (χ3n) is 5.37. The number of benzene rings is 1. The van der Waals surface area contributed by atoms with E-state index in [0.29, 0.717) is 11.7 Å². The van der Waals surface area contributed by atoms with Gasteiger partial charge in [0.05, 0.1) is 6.04 Å². The van der Waals surface area contributed by atoms with Gasteiger partial charge in [0.2, 0.25) is 0 Å². The summed E-state index contributed by atoms with van der Waals surface area (Å²) in [6.07, 6.45) is 7.35. The van der Waals surface area contributed by atoms with Crippen LogP contribution in [0.4, 0.5) is 0 Å². The van der Waals surface area contributed by atoms with Gasteiger partial charge in [0.15, 0.2) is 0 Å². The van der Waals surface area contributed by atoms with Crippen LogP contribution in [-0.2, 0) is 0 Å². The van der Waals surface area contributed by atoms with Gasteiger partial charge in [-0.25, -0.2) is 5.43 Å². The van der Waals surface area contributed by atoms with Gasteiger partial charge in [-0.1, -0.05) is 24.3 Å². The summed E-state index contributed by atoms with van der Waals surface area (Å²) in [5.41, 5.74) is 8.14. The van der Waals surface area contributed by atoms with Crippen molar-refractivity contribution in [3.05, 3.63) is 55.1 Å². The first-order chi connectivity index (χ1) is 11.2. The number of nitrogens with zero attached hydrogens (tertiary/aromatic N) is 1. The number of hydrogen-bond acceptors (Lipinski definition) is 4. The summed E-state index contributed by atoms with van der Waals surface area (Å²) in [7, 11) is 0. The highest BCUT2D eigenvalue weighted by Crippen LogP contribution is 2.40. The van der Waals surface area contributed by atoms with Crippen molar-refractivity contribution in [3.63, 3.8) is 0 Å². The van der Waals surface area contributed by atoms with Gasteiger partial charge in [-0.3, -0.25) is 10.3 Å². The van der Waals surface area contributed by atoms with Crippen LogP contribution in [0.5, 0.6) is 5.75 Å². The lowest BCUT2D eigenvalue weighted by Crippen LogP contribution is -2.60. The molecule has 1 aromatic rings. The van der Waals surface area contributed by atoms with Gasteiger partial charge in [-0.2, -0.15) is 0 Å². The number of hydrogen-bond donors (Lipinski definition) is 3. The number of aromatic hydroxyl groups is 1. The van der Waals surface area contributed by atoms with E-state index in [4.69, 9.17) is 0 Å². The number of rotatable bonds is 7. The summed E-state index contributed by atoms with van der Waals surface area (Å²) in [5, 5.41) is 9.48. The molecule has 2 aliphatic heterocycles. The van der Waals surface area contributed by atoms with Gasteiger partial charge >= 0.3 is 0 Å². The normalized spacial score (nSPS) is 26.6. The van der Waals surface area contributed by atoms with Crippen molar-refractivity contribution in [2.45, 2.75) is 30.8 Å². The third kappa shape index (κ3) is 3.20. The number of phenols is 1. The summed E-state index contributed by atoms with van der Waals surface area (Å²) in [6, 6.07) is 7.81. The monoisotopic (exact) mass is 313 g/mol. The Balaban J connectivity index is 1.70. The molecule has 0 bridgehead atoms. The van der Waals surface area contributed by atoms with Crippen LogP contribution in [0, 0.1) is 5.92 Å². The van der Waals surface area contributed by atoms with Crippen molar-refractivity contribution in [2.75, 3.05) is 19.6 Å². The van der Waals surface area contributed by atoms with E-state index >= 15 is 0 Å². The van der Waals surface area contributed by atoms with Crippen molar-refractivity contribution in [2.24, 2.45) is 5.92 Å². The fourth-order valence-electron chi connectivity index (χ4n) is 3.98. The molecule has 2 heterocycles. The molecule has 2 unspecified atom stereocenters. The molecule has 2 fully saturated rings.